The molecule has 0 aliphatic heterocycles. The Morgan fingerprint density at radius 1 is 1.30 bits per heavy atom. The van der Waals surface area contributed by atoms with E-state index in [1.54, 1.807) is 11.8 Å². The minimum absolute atomic E-state index is 0.134. The smallest absolute Gasteiger partial charge is 0.326 e. The Hall–Kier alpha value is -0.950. The molecule has 7 heteroatoms. The summed E-state index contributed by atoms with van der Waals surface area (Å²) in [6, 6.07) is -1.45. The number of carbonyl (C=O) groups excluding carboxylic acids is 1. The number of hydrogen-bond donors (Lipinski definition) is 3. The van der Waals surface area contributed by atoms with E-state index in [0.717, 1.165) is 0 Å². The molecule has 0 aromatic rings. The van der Waals surface area contributed by atoms with Crippen LogP contribution in [0.4, 0.5) is 4.79 Å². The zero-order valence-corrected chi connectivity index (χ0v) is 13.5. The minimum atomic E-state index is -1.01. The van der Waals surface area contributed by atoms with Crippen molar-refractivity contribution in [3.05, 3.63) is 0 Å². The molecular formula is C13H26N2O4S. The van der Waals surface area contributed by atoms with Gasteiger partial charge in [-0.2, -0.15) is 11.8 Å². The normalized spacial score (nSPS) is 13.8. The molecule has 0 saturated carbocycles. The molecule has 1 unspecified atom stereocenters. The van der Waals surface area contributed by atoms with Gasteiger partial charge in [-0.15, -0.1) is 0 Å². The Morgan fingerprint density at radius 3 is 2.40 bits per heavy atom. The molecule has 6 nitrogen and oxygen atoms in total. The van der Waals surface area contributed by atoms with Gasteiger partial charge in [0.1, 0.15) is 6.04 Å². The van der Waals surface area contributed by atoms with Gasteiger partial charge in [0, 0.05) is 6.61 Å². The third-order valence-electron chi connectivity index (χ3n) is 2.84. The molecule has 0 saturated heterocycles. The molecule has 20 heavy (non-hydrogen) atoms. The largest absolute Gasteiger partial charge is 0.480 e. The molecule has 0 rings (SSSR count). The Morgan fingerprint density at radius 2 is 1.95 bits per heavy atom. The van der Waals surface area contributed by atoms with E-state index in [9.17, 15) is 9.59 Å². The van der Waals surface area contributed by atoms with E-state index in [0.29, 0.717) is 25.4 Å². The van der Waals surface area contributed by atoms with Crippen molar-refractivity contribution in [2.24, 2.45) is 5.92 Å². The average molecular weight is 306 g/mol. The number of nitrogens with one attached hydrogen (secondary N) is 2. The fourth-order valence-corrected chi connectivity index (χ4v) is 1.98. The van der Waals surface area contributed by atoms with Crippen LogP contribution >= 0.6 is 11.8 Å². The monoisotopic (exact) mass is 306 g/mol. The van der Waals surface area contributed by atoms with Gasteiger partial charge in [-0.3, -0.25) is 0 Å². The van der Waals surface area contributed by atoms with Crippen molar-refractivity contribution in [1.82, 2.24) is 10.6 Å². The number of carbonyl (C=O) groups is 2. The fourth-order valence-electron chi connectivity index (χ4n) is 1.51. The first kappa shape index (κ1) is 19.1. The van der Waals surface area contributed by atoms with Gasteiger partial charge in [0.2, 0.25) is 0 Å². The van der Waals surface area contributed by atoms with E-state index in [4.69, 9.17) is 9.84 Å². The molecule has 0 radical (unpaired) electrons. The van der Waals surface area contributed by atoms with Crippen LogP contribution in [0.25, 0.3) is 0 Å². The van der Waals surface area contributed by atoms with Crippen molar-refractivity contribution >= 4 is 23.8 Å². The standard InChI is InChI=1S/C13H26N2O4S/c1-5-19-8-11(9(2)3)15-13(18)14-10(12(16)17)6-7-20-4/h9-11H,5-8H2,1-4H3,(H,16,17)(H2,14,15,18)/t10-,11?/m1/s1. The molecule has 0 heterocycles. The molecule has 0 fully saturated rings. The fraction of sp³-hybridized carbons (Fsp3) is 0.846. The van der Waals surface area contributed by atoms with E-state index in [1.165, 1.54) is 0 Å². The molecule has 118 valence electrons. The minimum Gasteiger partial charge on any atom is -0.480 e. The predicted octanol–water partition coefficient (Wildman–Crippen LogP) is 1.55. The van der Waals surface area contributed by atoms with Crippen molar-refractivity contribution in [3.63, 3.8) is 0 Å². The van der Waals surface area contributed by atoms with Crippen LogP contribution in [0, 0.1) is 5.92 Å². The Labute approximate surface area is 125 Å². The third-order valence-corrected chi connectivity index (χ3v) is 3.48. The van der Waals surface area contributed by atoms with Crippen molar-refractivity contribution in [2.45, 2.75) is 39.3 Å². The van der Waals surface area contributed by atoms with Crippen LogP contribution in [-0.2, 0) is 9.53 Å². The zero-order valence-electron chi connectivity index (χ0n) is 12.6. The SMILES string of the molecule is CCOCC(NC(=O)N[C@H](CCSC)C(=O)O)C(C)C. The highest BCUT2D eigenvalue weighted by atomic mass is 32.2. The maximum Gasteiger partial charge on any atom is 0.326 e. The van der Waals surface area contributed by atoms with Gasteiger partial charge in [-0.25, -0.2) is 9.59 Å². The number of rotatable bonds is 10. The highest BCUT2D eigenvalue weighted by molar-refractivity contribution is 7.98. The van der Waals surface area contributed by atoms with Gasteiger partial charge >= 0.3 is 12.0 Å². The number of aliphatic carboxylic acids is 1. The Balaban J connectivity index is 4.36. The van der Waals surface area contributed by atoms with Gasteiger partial charge < -0.3 is 20.5 Å². The number of carboxylic acid groups (broad SMARTS) is 1. The van der Waals surface area contributed by atoms with Crippen molar-refractivity contribution in [3.8, 4) is 0 Å². The molecule has 2 amide bonds. The Kier molecular flexibility index (Phi) is 10.3. The van der Waals surface area contributed by atoms with Crippen molar-refractivity contribution in [2.75, 3.05) is 25.2 Å². The van der Waals surface area contributed by atoms with Crippen LogP contribution in [0.5, 0.6) is 0 Å². The first-order valence-corrected chi connectivity index (χ1v) is 8.18. The summed E-state index contributed by atoms with van der Waals surface area (Å²) in [6.45, 7) is 6.85. The number of hydrogen-bond acceptors (Lipinski definition) is 4. The summed E-state index contributed by atoms with van der Waals surface area (Å²) in [7, 11) is 0. The van der Waals surface area contributed by atoms with Gasteiger partial charge in [-0.1, -0.05) is 13.8 Å². The number of amides is 2. The number of thioether (sulfide) groups is 1. The summed E-state index contributed by atoms with van der Waals surface area (Å²) in [5, 5.41) is 14.3. The van der Waals surface area contributed by atoms with E-state index < -0.39 is 18.0 Å². The molecule has 0 spiro atoms. The van der Waals surface area contributed by atoms with Crippen LogP contribution in [-0.4, -0.2) is 54.4 Å². The topological polar surface area (TPSA) is 87.7 Å². The van der Waals surface area contributed by atoms with Gasteiger partial charge in [0.05, 0.1) is 12.6 Å². The maximum atomic E-state index is 11.9. The van der Waals surface area contributed by atoms with E-state index in [-0.39, 0.29) is 12.0 Å². The summed E-state index contributed by atoms with van der Waals surface area (Å²) >= 11 is 1.55. The lowest BCUT2D eigenvalue weighted by Gasteiger charge is -2.23. The maximum absolute atomic E-state index is 11.9. The van der Waals surface area contributed by atoms with E-state index in [2.05, 4.69) is 10.6 Å². The Bertz CT molecular complexity index is 300. The predicted molar refractivity (Wildman–Crippen MR) is 81.2 cm³/mol. The van der Waals surface area contributed by atoms with Crippen molar-refractivity contribution in [1.29, 1.82) is 0 Å². The lowest BCUT2D eigenvalue weighted by Crippen LogP contribution is -2.51. The molecule has 0 aromatic heterocycles. The number of ether oxygens (including phenoxy) is 1. The molecule has 0 aliphatic carbocycles. The van der Waals surface area contributed by atoms with Gasteiger partial charge in [-0.05, 0) is 31.3 Å². The summed E-state index contributed by atoms with van der Waals surface area (Å²) < 4.78 is 5.31. The van der Waals surface area contributed by atoms with Crippen LogP contribution in [0.3, 0.4) is 0 Å². The molecule has 0 aliphatic rings. The zero-order chi connectivity index (χ0) is 15.5. The van der Waals surface area contributed by atoms with Crippen LogP contribution in [0.2, 0.25) is 0 Å². The van der Waals surface area contributed by atoms with Gasteiger partial charge in [0.25, 0.3) is 0 Å². The highest BCUT2D eigenvalue weighted by Gasteiger charge is 2.22. The first-order chi connectivity index (χ1) is 9.42. The lowest BCUT2D eigenvalue weighted by atomic mass is 10.1. The highest BCUT2D eigenvalue weighted by Crippen LogP contribution is 2.04. The summed E-state index contributed by atoms with van der Waals surface area (Å²) in [5.41, 5.74) is 0. The van der Waals surface area contributed by atoms with E-state index in [1.807, 2.05) is 27.0 Å². The second-order valence-electron chi connectivity index (χ2n) is 4.80. The molecule has 0 aromatic carbocycles. The second kappa shape index (κ2) is 10.8. The van der Waals surface area contributed by atoms with Crippen LogP contribution < -0.4 is 10.6 Å². The number of carboxylic acids is 1. The quantitative estimate of drug-likeness (QED) is 0.570. The van der Waals surface area contributed by atoms with Crippen LogP contribution in [0.15, 0.2) is 0 Å². The molecule has 2 atom stereocenters. The summed E-state index contributed by atoms with van der Waals surface area (Å²) in [4.78, 5) is 22.9. The van der Waals surface area contributed by atoms with E-state index >= 15 is 0 Å². The first-order valence-electron chi connectivity index (χ1n) is 6.78. The van der Waals surface area contributed by atoms with Crippen LogP contribution in [0.1, 0.15) is 27.2 Å². The van der Waals surface area contributed by atoms with Crippen molar-refractivity contribution < 1.29 is 19.4 Å². The third kappa shape index (κ3) is 8.27. The lowest BCUT2D eigenvalue weighted by molar-refractivity contribution is -0.139. The molecular weight excluding hydrogens is 280 g/mol. The summed E-state index contributed by atoms with van der Waals surface area (Å²) in [5.74, 6) is -0.119. The molecule has 3 N–H and O–H groups in total. The summed E-state index contributed by atoms with van der Waals surface area (Å²) in [6.07, 6.45) is 2.30. The number of urea groups is 1. The molecule has 0 bridgehead atoms. The average Bonchev–Trinajstić information content (AvgIpc) is 2.38. The van der Waals surface area contributed by atoms with Gasteiger partial charge in [0.15, 0.2) is 0 Å². The second-order valence-corrected chi connectivity index (χ2v) is 5.79.